The number of aliphatic hydroxyl groups excluding tert-OH is 1. The van der Waals surface area contributed by atoms with Gasteiger partial charge in [-0.3, -0.25) is 9.59 Å². The molecule has 0 saturated carbocycles. The van der Waals surface area contributed by atoms with Crippen molar-refractivity contribution < 1.29 is 28.2 Å². The maximum absolute atomic E-state index is 16.4. The van der Waals surface area contributed by atoms with E-state index in [2.05, 4.69) is 4.90 Å². The molecule has 0 radical (unpaired) electrons. The topological polar surface area (TPSA) is 96.1 Å². The number of hydrogen-bond donors (Lipinski definition) is 2. The van der Waals surface area contributed by atoms with Crippen LogP contribution >= 0.6 is 0 Å². The zero-order valence-electron chi connectivity index (χ0n) is 23.0. The summed E-state index contributed by atoms with van der Waals surface area (Å²) in [6.07, 6.45) is 6.72. The Bertz CT molecular complexity index is 1080. The number of rotatable bonds is 10. The first kappa shape index (κ1) is 29.2. The number of nitrogens with two attached hydrogens (primary N) is 1. The van der Waals surface area contributed by atoms with Gasteiger partial charge in [0.2, 0.25) is 11.6 Å². The van der Waals surface area contributed by atoms with Crippen LogP contribution in [-0.2, 0) is 9.59 Å². The minimum atomic E-state index is -2.38. The number of ether oxygens (including phenoxy) is 1. The summed E-state index contributed by atoms with van der Waals surface area (Å²) in [5.74, 6) is -0.590. The number of piperidine rings is 1. The van der Waals surface area contributed by atoms with Gasteiger partial charge in [-0.2, -0.15) is 0 Å². The Labute approximate surface area is 229 Å². The monoisotopic (exact) mass is 545 g/mol. The van der Waals surface area contributed by atoms with E-state index < -0.39 is 35.3 Å². The summed E-state index contributed by atoms with van der Waals surface area (Å²) in [5, 5.41) is 10.0. The predicted molar refractivity (Wildman–Crippen MR) is 146 cm³/mol. The molecule has 2 saturated heterocycles. The molecular weight excluding hydrogens is 504 g/mol. The van der Waals surface area contributed by atoms with Gasteiger partial charge in [0.05, 0.1) is 12.7 Å². The van der Waals surface area contributed by atoms with Crippen molar-refractivity contribution in [2.45, 2.75) is 75.9 Å². The molecule has 1 unspecified atom stereocenters. The molecule has 2 amide bonds. The summed E-state index contributed by atoms with van der Waals surface area (Å²) in [6.45, 7) is 6.43. The Balaban J connectivity index is 1.36. The van der Waals surface area contributed by atoms with Crippen LogP contribution in [0.3, 0.4) is 0 Å². The van der Waals surface area contributed by atoms with Gasteiger partial charge in [0.15, 0.2) is 0 Å². The molecule has 9 heteroatoms. The van der Waals surface area contributed by atoms with Crippen LogP contribution in [0.25, 0.3) is 5.57 Å². The molecule has 3 aliphatic rings. The Hall–Kier alpha value is -2.78. The summed E-state index contributed by atoms with van der Waals surface area (Å²) < 4.78 is 37.2. The Kier molecular flexibility index (Phi) is 9.11. The summed E-state index contributed by atoms with van der Waals surface area (Å²) in [7, 11) is 0. The summed E-state index contributed by atoms with van der Waals surface area (Å²) in [4.78, 5) is 28.5. The number of nitrogens with zero attached hydrogens (tertiary/aromatic N) is 2. The number of primary amides is 1. The van der Waals surface area contributed by atoms with Gasteiger partial charge in [0.25, 0.3) is 5.91 Å². The molecule has 2 aliphatic heterocycles. The van der Waals surface area contributed by atoms with E-state index in [0.717, 1.165) is 30.8 Å². The molecule has 0 aromatic heterocycles. The number of alkyl halides is 2. The Morgan fingerprint density at radius 1 is 1.18 bits per heavy atom. The van der Waals surface area contributed by atoms with Gasteiger partial charge >= 0.3 is 0 Å². The molecule has 214 valence electrons. The molecule has 3 N–H and O–H groups in total. The van der Waals surface area contributed by atoms with Crippen molar-refractivity contribution in [2.24, 2.45) is 11.7 Å². The SMILES string of the molecule is CCC(F)(CC)CN1CCC(COc2ccc(C3=CC=CCC3(F)C(=O)N3C[C@H](O)C[C@H]3C(N)=O)cc2)CC1. The highest BCUT2D eigenvalue weighted by atomic mass is 19.1. The number of benzene rings is 1. The number of amides is 2. The quantitative estimate of drug-likeness (QED) is 0.466. The highest BCUT2D eigenvalue weighted by Crippen LogP contribution is 2.40. The zero-order chi connectivity index (χ0) is 28.2. The predicted octanol–water partition coefficient (Wildman–Crippen LogP) is 3.80. The third-order valence-electron chi connectivity index (χ3n) is 8.56. The standard InChI is InChI=1S/C30H41F2N3O4/c1-3-29(31,4-2)20-34-15-12-21(13-16-34)19-39-24-10-8-22(9-11-24)25-7-5-6-14-30(25,32)28(38)35-18-23(36)17-26(35)27(33)37/h5-11,21,23,26,36H,3-4,12-20H2,1-2H3,(H2,33,37)/t23-,26+,30?/m1/s1. The first-order valence-electron chi connectivity index (χ1n) is 14.1. The maximum Gasteiger partial charge on any atom is 0.266 e. The van der Waals surface area contributed by atoms with Crippen LogP contribution in [0.1, 0.15) is 57.9 Å². The second-order valence-corrected chi connectivity index (χ2v) is 11.2. The van der Waals surface area contributed by atoms with Crippen LogP contribution in [0.5, 0.6) is 5.75 Å². The van der Waals surface area contributed by atoms with Gasteiger partial charge in [-0.25, -0.2) is 8.78 Å². The molecule has 0 bridgehead atoms. The van der Waals surface area contributed by atoms with Crippen LogP contribution in [0, 0.1) is 5.92 Å². The highest BCUT2D eigenvalue weighted by molar-refractivity contribution is 6.02. The average Bonchev–Trinajstić information content (AvgIpc) is 3.34. The van der Waals surface area contributed by atoms with E-state index in [9.17, 15) is 19.1 Å². The molecule has 2 heterocycles. The van der Waals surface area contributed by atoms with Crippen molar-refractivity contribution in [3.05, 3.63) is 48.1 Å². The van der Waals surface area contributed by atoms with Crippen molar-refractivity contribution in [1.29, 1.82) is 0 Å². The first-order valence-corrected chi connectivity index (χ1v) is 14.1. The number of allylic oxidation sites excluding steroid dienone is 3. The van der Waals surface area contributed by atoms with Gasteiger partial charge in [-0.05, 0) is 62.4 Å². The third kappa shape index (κ3) is 6.52. The van der Waals surface area contributed by atoms with E-state index in [1.54, 1.807) is 42.5 Å². The molecule has 0 spiro atoms. The summed E-state index contributed by atoms with van der Waals surface area (Å²) in [5.41, 5.74) is 2.66. The van der Waals surface area contributed by atoms with Crippen LogP contribution in [0.15, 0.2) is 42.5 Å². The number of β-amino-alcohol motifs (C(OH)–C–C–N with tert-alkyl or cyclic N) is 1. The Morgan fingerprint density at radius 2 is 1.85 bits per heavy atom. The molecule has 2 fully saturated rings. The van der Waals surface area contributed by atoms with Gasteiger partial charge in [-0.1, -0.05) is 44.2 Å². The largest absolute Gasteiger partial charge is 0.493 e. The maximum atomic E-state index is 16.4. The minimum Gasteiger partial charge on any atom is -0.493 e. The fraction of sp³-hybridized carbons (Fsp3) is 0.600. The van der Waals surface area contributed by atoms with Crippen molar-refractivity contribution in [3.63, 3.8) is 0 Å². The molecule has 4 rings (SSSR count). The molecule has 7 nitrogen and oxygen atoms in total. The molecule has 1 aromatic rings. The smallest absolute Gasteiger partial charge is 0.266 e. The lowest BCUT2D eigenvalue weighted by molar-refractivity contribution is -0.144. The van der Waals surface area contributed by atoms with Crippen LogP contribution in [0.4, 0.5) is 8.78 Å². The van der Waals surface area contributed by atoms with E-state index in [1.807, 2.05) is 13.8 Å². The zero-order valence-corrected chi connectivity index (χ0v) is 23.0. The Morgan fingerprint density at radius 3 is 2.46 bits per heavy atom. The van der Waals surface area contributed by atoms with Gasteiger partial charge in [-0.15, -0.1) is 0 Å². The van der Waals surface area contributed by atoms with Gasteiger partial charge in [0, 0.05) is 31.5 Å². The second kappa shape index (κ2) is 12.2. The molecule has 39 heavy (non-hydrogen) atoms. The average molecular weight is 546 g/mol. The first-order chi connectivity index (χ1) is 18.6. The molecule has 3 atom stereocenters. The number of likely N-dealkylation sites (tertiary alicyclic amines) is 2. The van der Waals surface area contributed by atoms with Crippen LogP contribution in [0.2, 0.25) is 0 Å². The fourth-order valence-electron chi connectivity index (χ4n) is 5.83. The third-order valence-corrected chi connectivity index (χ3v) is 8.56. The lowest BCUT2D eigenvalue weighted by atomic mass is 9.82. The minimum absolute atomic E-state index is 0.00517. The van der Waals surface area contributed by atoms with Crippen molar-refractivity contribution in [1.82, 2.24) is 9.80 Å². The normalized spacial score (nSPS) is 26.5. The molecular formula is C30H41F2N3O4. The van der Waals surface area contributed by atoms with E-state index in [0.29, 0.717) is 43.2 Å². The number of carbonyl (C=O) groups excluding carboxylic acids is 2. The van der Waals surface area contributed by atoms with Crippen molar-refractivity contribution >= 4 is 17.4 Å². The van der Waals surface area contributed by atoms with Crippen LogP contribution < -0.4 is 10.5 Å². The van der Waals surface area contributed by atoms with E-state index in [-0.39, 0.29) is 25.0 Å². The number of hydrogen-bond acceptors (Lipinski definition) is 5. The highest BCUT2D eigenvalue weighted by Gasteiger charge is 2.50. The molecule has 1 aromatic carbocycles. The number of halogens is 2. The van der Waals surface area contributed by atoms with Crippen molar-refractivity contribution in [3.8, 4) is 5.75 Å². The van der Waals surface area contributed by atoms with Crippen molar-refractivity contribution in [2.75, 3.05) is 32.8 Å². The summed E-state index contributed by atoms with van der Waals surface area (Å²) >= 11 is 0. The van der Waals surface area contributed by atoms with Gasteiger partial charge < -0.3 is 25.4 Å². The lowest BCUT2D eigenvalue weighted by Crippen LogP contribution is -2.52. The summed E-state index contributed by atoms with van der Waals surface area (Å²) in [6, 6.07) is 5.95. The van der Waals surface area contributed by atoms with Crippen LogP contribution in [-0.4, -0.2) is 83.0 Å². The fourth-order valence-corrected chi connectivity index (χ4v) is 5.83. The number of aliphatic hydroxyl groups is 1. The van der Waals surface area contributed by atoms with E-state index in [4.69, 9.17) is 10.5 Å². The number of carbonyl (C=O) groups is 2. The lowest BCUT2D eigenvalue weighted by Gasteiger charge is -2.36. The van der Waals surface area contributed by atoms with Gasteiger partial charge in [0.1, 0.15) is 17.5 Å². The molecule has 1 aliphatic carbocycles. The second-order valence-electron chi connectivity index (χ2n) is 11.2. The van der Waals surface area contributed by atoms with E-state index in [1.165, 1.54) is 0 Å². The van der Waals surface area contributed by atoms with E-state index >= 15 is 4.39 Å².